The van der Waals surface area contributed by atoms with E-state index in [0.717, 1.165) is 31.5 Å². The highest BCUT2D eigenvalue weighted by molar-refractivity contribution is 6.30. The van der Waals surface area contributed by atoms with Crippen molar-refractivity contribution >= 4 is 29.9 Å². The van der Waals surface area contributed by atoms with Gasteiger partial charge in [0, 0.05) is 37.4 Å². The SMILES string of the molecule is Cl.NC1CCN(C(=O)C2(c3cccc(Cl)c3)CCOCC2)CC1. The maximum Gasteiger partial charge on any atom is 0.233 e. The van der Waals surface area contributed by atoms with Gasteiger partial charge in [-0.1, -0.05) is 23.7 Å². The Morgan fingerprint density at radius 3 is 2.52 bits per heavy atom. The normalized spacial score (nSPS) is 21.6. The van der Waals surface area contributed by atoms with Crippen LogP contribution in [0.1, 0.15) is 31.2 Å². The Hall–Kier alpha value is -0.810. The van der Waals surface area contributed by atoms with E-state index in [1.165, 1.54) is 0 Å². The minimum Gasteiger partial charge on any atom is -0.381 e. The van der Waals surface area contributed by atoms with Crippen LogP contribution in [0.3, 0.4) is 0 Å². The van der Waals surface area contributed by atoms with Crippen LogP contribution in [-0.4, -0.2) is 43.2 Å². The minimum absolute atomic E-state index is 0. The van der Waals surface area contributed by atoms with E-state index in [1.54, 1.807) is 0 Å². The molecule has 2 aliphatic rings. The molecule has 4 nitrogen and oxygen atoms in total. The second-order valence-corrected chi connectivity index (χ2v) is 6.77. The first-order valence-corrected chi connectivity index (χ1v) is 8.38. The Morgan fingerprint density at radius 1 is 1.26 bits per heavy atom. The topological polar surface area (TPSA) is 55.6 Å². The summed E-state index contributed by atoms with van der Waals surface area (Å²) >= 11 is 6.16. The third-order valence-corrected chi connectivity index (χ3v) is 5.19. The van der Waals surface area contributed by atoms with Crippen molar-refractivity contribution in [2.45, 2.75) is 37.1 Å². The summed E-state index contributed by atoms with van der Waals surface area (Å²) in [6.45, 7) is 2.74. The first-order valence-electron chi connectivity index (χ1n) is 8.00. The summed E-state index contributed by atoms with van der Waals surface area (Å²) in [5.74, 6) is 0.213. The summed E-state index contributed by atoms with van der Waals surface area (Å²) in [5, 5.41) is 0.678. The van der Waals surface area contributed by atoms with E-state index in [0.29, 0.717) is 31.1 Å². The molecule has 2 fully saturated rings. The lowest BCUT2D eigenvalue weighted by Crippen LogP contribution is -2.53. The van der Waals surface area contributed by atoms with Gasteiger partial charge in [0.15, 0.2) is 0 Å². The third-order valence-electron chi connectivity index (χ3n) is 4.96. The molecule has 2 aliphatic heterocycles. The van der Waals surface area contributed by atoms with Gasteiger partial charge in [0.1, 0.15) is 0 Å². The number of amides is 1. The quantitative estimate of drug-likeness (QED) is 0.884. The lowest BCUT2D eigenvalue weighted by Gasteiger charge is -2.42. The van der Waals surface area contributed by atoms with Crippen molar-refractivity contribution in [3.05, 3.63) is 34.9 Å². The summed E-state index contributed by atoms with van der Waals surface area (Å²) < 4.78 is 5.51. The van der Waals surface area contributed by atoms with Crippen LogP contribution < -0.4 is 5.73 Å². The van der Waals surface area contributed by atoms with Crippen molar-refractivity contribution in [1.29, 1.82) is 0 Å². The molecular formula is C17H24Cl2N2O2. The van der Waals surface area contributed by atoms with Crippen LogP contribution in [-0.2, 0) is 14.9 Å². The number of benzene rings is 1. The Kier molecular flexibility index (Phi) is 6.32. The van der Waals surface area contributed by atoms with Gasteiger partial charge in [-0.05, 0) is 43.4 Å². The Balaban J connectivity index is 0.00000192. The smallest absolute Gasteiger partial charge is 0.233 e. The van der Waals surface area contributed by atoms with Crippen molar-refractivity contribution in [2.75, 3.05) is 26.3 Å². The second kappa shape index (κ2) is 7.84. The number of hydrogen-bond acceptors (Lipinski definition) is 3. The number of rotatable bonds is 2. The standard InChI is InChI=1S/C17H23ClN2O2.ClH/c18-14-3-1-2-13(12-14)17(6-10-22-11-7-17)16(21)20-8-4-15(19)5-9-20;/h1-3,12,15H,4-11,19H2;1H. The van der Waals surface area contributed by atoms with Gasteiger partial charge in [0.25, 0.3) is 0 Å². The van der Waals surface area contributed by atoms with Crippen LogP contribution >= 0.6 is 24.0 Å². The number of hydrogen-bond donors (Lipinski definition) is 1. The molecule has 1 amide bonds. The summed E-state index contributed by atoms with van der Waals surface area (Å²) in [4.78, 5) is 15.3. The fourth-order valence-corrected chi connectivity index (χ4v) is 3.73. The van der Waals surface area contributed by atoms with Crippen molar-refractivity contribution < 1.29 is 9.53 Å². The maximum absolute atomic E-state index is 13.3. The van der Waals surface area contributed by atoms with E-state index in [1.807, 2.05) is 29.2 Å². The highest BCUT2D eigenvalue weighted by Crippen LogP contribution is 2.38. The predicted molar refractivity (Wildman–Crippen MR) is 94.2 cm³/mol. The summed E-state index contributed by atoms with van der Waals surface area (Å²) in [6, 6.07) is 7.95. The lowest BCUT2D eigenvalue weighted by molar-refractivity contribution is -0.142. The molecule has 2 saturated heterocycles. The van der Waals surface area contributed by atoms with Crippen molar-refractivity contribution in [3.8, 4) is 0 Å². The van der Waals surface area contributed by atoms with Crippen molar-refractivity contribution in [1.82, 2.24) is 4.90 Å². The largest absolute Gasteiger partial charge is 0.381 e. The summed E-state index contributed by atoms with van der Waals surface area (Å²) in [6.07, 6.45) is 3.20. The average molecular weight is 359 g/mol. The van der Waals surface area contributed by atoms with Gasteiger partial charge < -0.3 is 15.4 Å². The number of likely N-dealkylation sites (tertiary alicyclic amines) is 1. The molecule has 2 heterocycles. The van der Waals surface area contributed by atoms with Gasteiger partial charge in [0.2, 0.25) is 5.91 Å². The molecule has 0 aliphatic carbocycles. The highest BCUT2D eigenvalue weighted by atomic mass is 35.5. The van der Waals surface area contributed by atoms with Gasteiger partial charge in [-0.25, -0.2) is 0 Å². The van der Waals surface area contributed by atoms with Crippen LogP contribution in [0.25, 0.3) is 0 Å². The summed E-state index contributed by atoms with van der Waals surface area (Å²) in [5.41, 5.74) is 6.49. The predicted octanol–water partition coefficient (Wildman–Crippen LogP) is 2.76. The number of carbonyl (C=O) groups excluding carboxylic acids is 1. The molecule has 0 aromatic heterocycles. The molecule has 2 N–H and O–H groups in total. The number of piperidine rings is 1. The molecular weight excluding hydrogens is 335 g/mol. The van der Waals surface area contributed by atoms with Crippen LogP contribution in [0.4, 0.5) is 0 Å². The zero-order valence-corrected chi connectivity index (χ0v) is 14.7. The molecule has 0 atom stereocenters. The zero-order chi connectivity index (χ0) is 15.6. The van der Waals surface area contributed by atoms with E-state index in [9.17, 15) is 4.79 Å². The fourth-order valence-electron chi connectivity index (χ4n) is 3.54. The minimum atomic E-state index is -0.495. The number of halogens is 2. The van der Waals surface area contributed by atoms with Crippen LogP contribution in [0.15, 0.2) is 24.3 Å². The lowest BCUT2D eigenvalue weighted by atomic mass is 9.72. The number of nitrogens with two attached hydrogens (primary N) is 1. The Bertz CT molecular complexity index is 539. The molecule has 0 radical (unpaired) electrons. The van der Waals surface area contributed by atoms with Gasteiger partial charge >= 0.3 is 0 Å². The number of nitrogens with zero attached hydrogens (tertiary/aromatic N) is 1. The molecule has 0 spiro atoms. The van der Waals surface area contributed by atoms with Crippen LogP contribution in [0.5, 0.6) is 0 Å². The average Bonchev–Trinajstić information content (AvgIpc) is 2.55. The van der Waals surface area contributed by atoms with E-state index in [4.69, 9.17) is 22.1 Å². The monoisotopic (exact) mass is 358 g/mol. The molecule has 0 bridgehead atoms. The number of carbonyl (C=O) groups is 1. The first-order chi connectivity index (χ1) is 10.6. The van der Waals surface area contributed by atoms with E-state index in [2.05, 4.69) is 0 Å². The van der Waals surface area contributed by atoms with Gasteiger partial charge in [-0.3, -0.25) is 4.79 Å². The fraction of sp³-hybridized carbons (Fsp3) is 0.588. The molecule has 3 rings (SSSR count). The molecule has 1 aromatic rings. The molecule has 0 saturated carbocycles. The van der Waals surface area contributed by atoms with E-state index >= 15 is 0 Å². The number of ether oxygens (including phenoxy) is 1. The van der Waals surface area contributed by atoms with Gasteiger partial charge in [0.05, 0.1) is 5.41 Å². The Labute approximate surface area is 148 Å². The molecule has 0 unspecified atom stereocenters. The van der Waals surface area contributed by atoms with Crippen LogP contribution in [0, 0.1) is 0 Å². The van der Waals surface area contributed by atoms with Gasteiger partial charge in [-0.2, -0.15) is 0 Å². The van der Waals surface area contributed by atoms with Crippen molar-refractivity contribution in [3.63, 3.8) is 0 Å². The zero-order valence-electron chi connectivity index (χ0n) is 13.2. The Morgan fingerprint density at radius 2 is 1.91 bits per heavy atom. The second-order valence-electron chi connectivity index (χ2n) is 6.33. The molecule has 23 heavy (non-hydrogen) atoms. The van der Waals surface area contributed by atoms with E-state index in [-0.39, 0.29) is 24.4 Å². The van der Waals surface area contributed by atoms with Crippen molar-refractivity contribution in [2.24, 2.45) is 5.73 Å². The third kappa shape index (κ3) is 3.82. The molecule has 1 aromatic carbocycles. The molecule has 128 valence electrons. The highest BCUT2D eigenvalue weighted by Gasteiger charge is 2.44. The van der Waals surface area contributed by atoms with Gasteiger partial charge in [-0.15, -0.1) is 12.4 Å². The van der Waals surface area contributed by atoms with Crippen LogP contribution in [0.2, 0.25) is 5.02 Å². The first kappa shape index (κ1) is 18.5. The molecule has 6 heteroatoms. The summed E-state index contributed by atoms with van der Waals surface area (Å²) in [7, 11) is 0. The van der Waals surface area contributed by atoms with E-state index < -0.39 is 5.41 Å². The maximum atomic E-state index is 13.3.